The van der Waals surface area contributed by atoms with Crippen LogP contribution in [-0.4, -0.2) is 135 Å². The summed E-state index contributed by atoms with van der Waals surface area (Å²) in [5.41, 5.74) is 11.6. The molecule has 0 radical (unpaired) electrons. The van der Waals surface area contributed by atoms with E-state index in [2.05, 4.69) is 36.6 Å². The highest BCUT2D eigenvalue weighted by atomic mass is 16.5. The molecule has 20 heteroatoms. The molecular weight excluding hydrogens is 634 g/mol. The number of carbonyl (C=O) groups is 6. The van der Waals surface area contributed by atoms with E-state index in [9.17, 15) is 44.3 Å². The minimum absolute atomic E-state index is 0.0601. The summed E-state index contributed by atoms with van der Waals surface area (Å²) in [6.45, 7) is 0.218. The van der Waals surface area contributed by atoms with Crippen LogP contribution in [0.4, 0.5) is 0 Å². The minimum atomic E-state index is -1.30. The first kappa shape index (κ1) is 40.0. The van der Waals surface area contributed by atoms with Crippen molar-refractivity contribution in [1.29, 1.82) is 0 Å². The molecule has 0 aliphatic carbocycles. The van der Waals surface area contributed by atoms with Gasteiger partial charge in [-0.05, 0) is 52.1 Å². The summed E-state index contributed by atoms with van der Waals surface area (Å²) in [6.07, 6.45) is 2.98. The van der Waals surface area contributed by atoms with Crippen molar-refractivity contribution in [1.82, 2.24) is 46.7 Å². The van der Waals surface area contributed by atoms with Crippen molar-refractivity contribution < 1.29 is 44.3 Å². The van der Waals surface area contributed by atoms with E-state index in [0.29, 0.717) is 29.4 Å². The van der Waals surface area contributed by atoms with Crippen molar-refractivity contribution in [2.75, 3.05) is 39.8 Å². The molecule has 0 spiro atoms. The lowest BCUT2D eigenvalue weighted by molar-refractivity contribution is -0.173. The van der Waals surface area contributed by atoms with Crippen LogP contribution in [0.5, 0.6) is 0 Å². The number of imidazole rings is 1. The molecule has 48 heavy (non-hydrogen) atoms. The second kappa shape index (κ2) is 20.9. The molecule has 0 saturated carbocycles. The molecule has 5 unspecified atom stereocenters. The number of aliphatic hydroxyl groups excluding tert-OH is 1. The molecule has 6 amide bonds. The van der Waals surface area contributed by atoms with Crippen molar-refractivity contribution in [3.05, 3.63) is 18.2 Å². The van der Waals surface area contributed by atoms with E-state index < -0.39 is 65.7 Å². The van der Waals surface area contributed by atoms with Crippen molar-refractivity contribution in [3.8, 4) is 0 Å². The van der Waals surface area contributed by atoms with Gasteiger partial charge in [-0.25, -0.2) is 15.1 Å². The van der Waals surface area contributed by atoms with Gasteiger partial charge in [-0.3, -0.25) is 39.2 Å². The van der Waals surface area contributed by atoms with Crippen LogP contribution in [0.15, 0.2) is 12.5 Å². The Morgan fingerprint density at radius 3 is 2.46 bits per heavy atom. The van der Waals surface area contributed by atoms with Crippen LogP contribution in [0.2, 0.25) is 0 Å². The van der Waals surface area contributed by atoms with Crippen LogP contribution in [0.3, 0.4) is 0 Å². The number of carbonyl (C=O) groups excluding carboxylic acids is 6. The normalized spacial score (nSPS) is 17.1. The first-order valence-electron chi connectivity index (χ1n) is 15.8. The first-order chi connectivity index (χ1) is 22.9. The van der Waals surface area contributed by atoms with Crippen LogP contribution in [-0.2, 0) is 28.8 Å². The zero-order chi connectivity index (χ0) is 35.6. The number of nitrogens with two attached hydrogens (primary N) is 2. The Morgan fingerprint density at radius 1 is 1.08 bits per heavy atom. The molecule has 1 saturated heterocycles. The zero-order valence-corrected chi connectivity index (χ0v) is 27.0. The number of hydroxylamine groups is 4. The summed E-state index contributed by atoms with van der Waals surface area (Å²) < 4.78 is 0. The van der Waals surface area contributed by atoms with Crippen molar-refractivity contribution in [3.63, 3.8) is 0 Å². The second-order valence-corrected chi connectivity index (χ2v) is 11.3. The van der Waals surface area contributed by atoms with Gasteiger partial charge in [-0.2, -0.15) is 0 Å². The number of nitrogens with one attached hydrogen (secondary N) is 6. The predicted octanol–water partition coefficient (Wildman–Crippen LogP) is -3.91. The van der Waals surface area contributed by atoms with E-state index in [1.807, 2.05) is 0 Å². The van der Waals surface area contributed by atoms with E-state index in [1.54, 1.807) is 7.05 Å². The largest absolute Gasteiger partial charge is 0.385 e. The predicted molar refractivity (Wildman–Crippen MR) is 167 cm³/mol. The van der Waals surface area contributed by atoms with Crippen LogP contribution in [0.25, 0.3) is 0 Å². The maximum Gasteiger partial charge on any atom is 0.268 e. The topological polar surface area (TPSA) is 310 Å². The molecule has 1 aromatic heterocycles. The Hall–Kier alpha value is -4.21. The number of likely N-dealkylation sites (N-methyl/N-ethyl adjacent to an activating group) is 1. The summed E-state index contributed by atoms with van der Waals surface area (Å²) in [5, 5.41) is 44.0. The molecule has 1 fully saturated rings. The van der Waals surface area contributed by atoms with Crippen molar-refractivity contribution in [2.24, 2.45) is 11.5 Å². The fraction of sp³-hybridized carbons (Fsp3) is 0.679. The number of hydrogen-bond acceptors (Lipinski definition) is 13. The lowest BCUT2D eigenvalue weighted by Gasteiger charge is -2.29. The van der Waals surface area contributed by atoms with Gasteiger partial charge < -0.3 is 48.1 Å². The number of piperidine rings is 1. The zero-order valence-electron chi connectivity index (χ0n) is 27.0. The van der Waals surface area contributed by atoms with Gasteiger partial charge in [0.15, 0.2) is 0 Å². The highest BCUT2D eigenvalue weighted by Crippen LogP contribution is 2.12. The maximum absolute atomic E-state index is 13.0. The molecular formula is C28H49N11O9. The first-order valence-corrected chi connectivity index (χ1v) is 15.8. The SMILES string of the molecule is CNC(CCCN(O)C(=O)CCNC(=O)CCNC(=O)C(N)C(O)c1cnc[nH]1)C(=O)NC(CCCN)C(=O)NC1CCCN(O)C1=O. The summed E-state index contributed by atoms with van der Waals surface area (Å²) in [5.74, 6) is -3.49. The number of amides is 6. The Bertz CT molecular complexity index is 1200. The highest BCUT2D eigenvalue weighted by molar-refractivity contribution is 5.93. The summed E-state index contributed by atoms with van der Waals surface area (Å²) in [7, 11) is 1.55. The van der Waals surface area contributed by atoms with Gasteiger partial charge >= 0.3 is 0 Å². The van der Waals surface area contributed by atoms with Gasteiger partial charge in [0.1, 0.15) is 24.2 Å². The van der Waals surface area contributed by atoms with Gasteiger partial charge in [0, 0.05) is 39.0 Å². The Kier molecular flexibility index (Phi) is 17.4. The van der Waals surface area contributed by atoms with Gasteiger partial charge in [0.25, 0.3) is 5.91 Å². The molecule has 1 aromatic rings. The van der Waals surface area contributed by atoms with Gasteiger partial charge in [0.2, 0.25) is 29.5 Å². The smallest absolute Gasteiger partial charge is 0.268 e. The monoisotopic (exact) mass is 683 g/mol. The van der Waals surface area contributed by atoms with E-state index in [1.165, 1.54) is 12.5 Å². The summed E-state index contributed by atoms with van der Waals surface area (Å²) in [6, 6.07) is -3.92. The number of aromatic nitrogens is 2. The third-order valence-corrected chi connectivity index (χ3v) is 7.67. The molecule has 0 bridgehead atoms. The molecule has 2 heterocycles. The molecule has 0 aromatic carbocycles. The number of H-pyrrole nitrogens is 1. The quantitative estimate of drug-likeness (QED) is 0.0437. The van der Waals surface area contributed by atoms with Crippen LogP contribution in [0, 0.1) is 0 Å². The number of nitrogens with zero attached hydrogens (tertiary/aromatic N) is 3. The third kappa shape index (κ3) is 13.1. The van der Waals surface area contributed by atoms with Crippen LogP contribution >= 0.6 is 0 Å². The molecule has 20 nitrogen and oxygen atoms in total. The maximum atomic E-state index is 13.0. The number of hydrogen-bond donors (Lipinski definition) is 11. The van der Waals surface area contributed by atoms with Crippen molar-refractivity contribution >= 4 is 35.4 Å². The third-order valence-electron chi connectivity index (χ3n) is 7.67. The van der Waals surface area contributed by atoms with Gasteiger partial charge in [-0.15, -0.1) is 0 Å². The fourth-order valence-corrected chi connectivity index (χ4v) is 4.81. The van der Waals surface area contributed by atoms with Crippen molar-refractivity contribution in [2.45, 2.75) is 81.6 Å². The number of aliphatic hydroxyl groups is 1. The molecule has 1 aliphatic heterocycles. The Balaban J connectivity index is 1.69. The van der Waals surface area contributed by atoms with Crippen LogP contribution in [0.1, 0.15) is 63.2 Å². The molecule has 5 atom stereocenters. The van der Waals surface area contributed by atoms with E-state index in [0.717, 1.165) is 0 Å². The van der Waals surface area contributed by atoms with Crippen LogP contribution < -0.4 is 38.1 Å². The number of rotatable bonds is 21. The molecule has 2 rings (SSSR count). The van der Waals surface area contributed by atoms with E-state index >= 15 is 0 Å². The second-order valence-electron chi connectivity index (χ2n) is 11.3. The lowest BCUT2D eigenvalue weighted by atomic mass is 10.0. The highest BCUT2D eigenvalue weighted by Gasteiger charge is 2.32. The molecule has 13 N–H and O–H groups in total. The standard InChI is InChI=1S/C28H49N11O9/c1-31-17(25(43)36-18(5-2-10-29)26(44)37-19-7-4-14-39(48)28(19)46)6-3-13-38(47)22(41)9-12-33-21(40)8-11-34-27(45)23(30)24(42)20-15-32-16-35-20/h15-19,23-24,31,42,47-48H,2-14,29-30H2,1H3,(H,32,35)(H,33,40)(H,34,45)(H,36,43)(H,37,44). The minimum Gasteiger partial charge on any atom is -0.385 e. The van der Waals surface area contributed by atoms with Gasteiger partial charge in [0.05, 0.1) is 24.3 Å². The Labute approximate surface area is 277 Å². The molecule has 270 valence electrons. The van der Waals surface area contributed by atoms with E-state index in [-0.39, 0.29) is 70.5 Å². The van der Waals surface area contributed by atoms with Gasteiger partial charge in [-0.1, -0.05) is 0 Å². The number of aromatic amines is 1. The average Bonchev–Trinajstić information content (AvgIpc) is 3.61. The van der Waals surface area contributed by atoms with E-state index in [4.69, 9.17) is 11.5 Å². The molecule has 1 aliphatic rings. The fourth-order valence-electron chi connectivity index (χ4n) is 4.81. The summed E-state index contributed by atoms with van der Waals surface area (Å²) in [4.78, 5) is 80.9. The lowest BCUT2D eigenvalue weighted by Crippen LogP contribution is -2.57. The average molecular weight is 684 g/mol. The summed E-state index contributed by atoms with van der Waals surface area (Å²) >= 11 is 0. The Morgan fingerprint density at radius 2 is 1.79 bits per heavy atom.